The number of nitro benzene ring substituents is 1. The largest absolute Gasteiger partial charge is 0.388 e. The van der Waals surface area contributed by atoms with Crippen molar-refractivity contribution in [1.82, 2.24) is 4.98 Å². The Hall–Kier alpha value is -2.27. The van der Waals surface area contributed by atoms with Gasteiger partial charge in [-0.1, -0.05) is 6.07 Å². The van der Waals surface area contributed by atoms with E-state index in [0.717, 1.165) is 11.4 Å². The maximum absolute atomic E-state index is 10.5. The van der Waals surface area contributed by atoms with E-state index in [1.54, 1.807) is 12.1 Å². The van der Waals surface area contributed by atoms with E-state index in [2.05, 4.69) is 4.98 Å². The molecule has 2 rings (SSSR count). The van der Waals surface area contributed by atoms with Gasteiger partial charge in [-0.15, -0.1) is 0 Å². The van der Waals surface area contributed by atoms with Crippen LogP contribution in [0.4, 0.5) is 5.69 Å². The van der Waals surface area contributed by atoms with Crippen LogP contribution in [0.25, 0.3) is 0 Å². The summed E-state index contributed by atoms with van der Waals surface area (Å²) >= 11 is 0. The van der Waals surface area contributed by atoms with E-state index in [1.165, 1.54) is 12.1 Å². The third kappa shape index (κ3) is 3.35. The van der Waals surface area contributed by atoms with Gasteiger partial charge < -0.3 is 5.11 Å². The number of pyridine rings is 1. The van der Waals surface area contributed by atoms with E-state index in [1.807, 2.05) is 25.1 Å². The molecule has 1 heterocycles. The van der Waals surface area contributed by atoms with Crippen molar-refractivity contribution in [1.29, 1.82) is 0 Å². The molecule has 0 bridgehead atoms. The molecule has 98 valence electrons. The van der Waals surface area contributed by atoms with Crippen molar-refractivity contribution >= 4 is 5.69 Å². The van der Waals surface area contributed by atoms with Gasteiger partial charge in [-0.3, -0.25) is 15.1 Å². The molecule has 5 nitrogen and oxygen atoms in total. The lowest BCUT2D eigenvalue weighted by Gasteiger charge is -2.10. The first-order valence-corrected chi connectivity index (χ1v) is 5.91. The Morgan fingerprint density at radius 2 is 1.95 bits per heavy atom. The van der Waals surface area contributed by atoms with Crippen LogP contribution in [0.2, 0.25) is 0 Å². The van der Waals surface area contributed by atoms with Crippen LogP contribution in [-0.2, 0) is 6.42 Å². The Morgan fingerprint density at radius 3 is 2.53 bits per heavy atom. The number of aromatic nitrogens is 1. The van der Waals surface area contributed by atoms with E-state index in [4.69, 9.17) is 0 Å². The topological polar surface area (TPSA) is 76.3 Å². The standard InChI is InChI=1S/C14H14N2O3/c1-10-3-2-4-12(15-10)9-14(17)11-5-7-13(8-6-11)16(18)19/h2-8,14,17H,9H2,1H3/t14-/m1/s1. The van der Waals surface area contributed by atoms with Crippen LogP contribution in [0.1, 0.15) is 23.1 Å². The summed E-state index contributed by atoms with van der Waals surface area (Å²) in [6.45, 7) is 1.89. The van der Waals surface area contributed by atoms with Gasteiger partial charge in [0.05, 0.1) is 11.0 Å². The van der Waals surface area contributed by atoms with Crippen molar-refractivity contribution in [2.45, 2.75) is 19.4 Å². The molecule has 5 heteroatoms. The van der Waals surface area contributed by atoms with Crippen LogP contribution in [-0.4, -0.2) is 15.0 Å². The third-order valence-electron chi connectivity index (χ3n) is 2.84. The highest BCUT2D eigenvalue weighted by atomic mass is 16.6. The second-order valence-corrected chi connectivity index (χ2v) is 4.34. The van der Waals surface area contributed by atoms with Gasteiger partial charge in [0.2, 0.25) is 0 Å². The minimum absolute atomic E-state index is 0.0182. The predicted octanol–water partition coefficient (Wildman–Crippen LogP) is 2.57. The van der Waals surface area contributed by atoms with Crippen molar-refractivity contribution in [3.63, 3.8) is 0 Å². The molecule has 2 aromatic rings. The van der Waals surface area contributed by atoms with Crippen molar-refractivity contribution in [2.24, 2.45) is 0 Å². The van der Waals surface area contributed by atoms with Gasteiger partial charge in [-0.2, -0.15) is 0 Å². The van der Waals surface area contributed by atoms with Crippen LogP contribution in [0, 0.1) is 17.0 Å². The molecular weight excluding hydrogens is 244 g/mol. The monoisotopic (exact) mass is 258 g/mol. The third-order valence-corrected chi connectivity index (χ3v) is 2.84. The average Bonchev–Trinajstić information content (AvgIpc) is 2.39. The summed E-state index contributed by atoms with van der Waals surface area (Å²) in [7, 11) is 0. The zero-order valence-electron chi connectivity index (χ0n) is 10.5. The molecule has 0 saturated carbocycles. The maximum Gasteiger partial charge on any atom is 0.269 e. The molecule has 0 amide bonds. The SMILES string of the molecule is Cc1cccc(C[C@@H](O)c2ccc([N+](=O)[O-])cc2)n1. The fourth-order valence-corrected chi connectivity index (χ4v) is 1.85. The molecule has 1 atom stereocenters. The summed E-state index contributed by atoms with van der Waals surface area (Å²) in [6.07, 6.45) is -0.324. The van der Waals surface area contributed by atoms with Crippen LogP contribution in [0.3, 0.4) is 0 Å². The zero-order valence-corrected chi connectivity index (χ0v) is 10.5. The Kier molecular flexibility index (Phi) is 3.87. The lowest BCUT2D eigenvalue weighted by Crippen LogP contribution is -2.04. The summed E-state index contributed by atoms with van der Waals surface area (Å²) in [4.78, 5) is 14.4. The number of rotatable bonds is 4. The second-order valence-electron chi connectivity index (χ2n) is 4.34. The number of non-ortho nitro benzene ring substituents is 1. The van der Waals surface area contributed by atoms with E-state index < -0.39 is 11.0 Å². The number of benzene rings is 1. The average molecular weight is 258 g/mol. The maximum atomic E-state index is 10.5. The van der Waals surface area contributed by atoms with E-state index in [0.29, 0.717) is 12.0 Å². The molecular formula is C14H14N2O3. The molecule has 0 radical (unpaired) electrons. The van der Waals surface area contributed by atoms with E-state index in [-0.39, 0.29) is 5.69 Å². The zero-order chi connectivity index (χ0) is 13.8. The highest BCUT2D eigenvalue weighted by Gasteiger charge is 2.11. The van der Waals surface area contributed by atoms with Crippen LogP contribution >= 0.6 is 0 Å². The fourth-order valence-electron chi connectivity index (χ4n) is 1.85. The molecule has 0 aliphatic carbocycles. The summed E-state index contributed by atoms with van der Waals surface area (Å²) in [6, 6.07) is 11.5. The molecule has 0 fully saturated rings. The molecule has 19 heavy (non-hydrogen) atoms. The fraction of sp³-hybridized carbons (Fsp3) is 0.214. The van der Waals surface area contributed by atoms with Crippen molar-refractivity contribution in [2.75, 3.05) is 0 Å². The van der Waals surface area contributed by atoms with Gasteiger partial charge >= 0.3 is 0 Å². The Morgan fingerprint density at radius 1 is 1.26 bits per heavy atom. The van der Waals surface area contributed by atoms with Gasteiger partial charge in [0, 0.05) is 29.9 Å². The number of aliphatic hydroxyl groups is 1. The summed E-state index contributed by atoms with van der Waals surface area (Å²) in [5.74, 6) is 0. The number of hydrogen-bond acceptors (Lipinski definition) is 4. The first-order chi connectivity index (χ1) is 9.06. The van der Waals surface area contributed by atoms with Crippen molar-refractivity contribution in [3.8, 4) is 0 Å². The Bertz CT molecular complexity index is 581. The number of aliphatic hydroxyl groups excluding tert-OH is 1. The highest BCUT2D eigenvalue weighted by molar-refractivity contribution is 5.34. The Balaban J connectivity index is 2.11. The number of aryl methyl sites for hydroxylation is 1. The molecule has 1 aromatic carbocycles. The summed E-state index contributed by atoms with van der Waals surface area (Å²) in [5, 5.41) is 20.6. The summed E-state index contributed by atoms with van der Waals surface area (Å²) < 4.78 is 0. The van der Waals surface area contributed by atoms with E-state index >= 15 is 0 Å². The molecule has 1 N–H and O–H groups in total. The lowest BCUT2D eigenvalue weighted by molar-refractivity contribution is -0.384. The van der Waals surface area contributed by atoms with Gasteiger partial charge in [0.25, 0.3) is 5.69 Å². The predicted molar refractivity (Wildman–Crippen MR) is 70.7 cm³/mol. The van der Waals surface area contributed by atoms with Gasteiger partial charge in [0.15, 0.2) is 0 Å². The molecule has 0 unspecified atom stereocenters. The summed E-state index contributed by atoms with van der Waals surface area (Å²) in [5.41, 5.74) is 2.36. The second kappa shape index (κ2) is 5.58. The molecule has 0 aliphatic heterocycles. The minimum atomic E-state index is -0.713. The highest BCUT2D eigenvalue weighted by Crippen LogP contribution is 2.20. The number of nitro groups is 1. The minimum Gasteiger partial charge on any atom is -0.388 e. The first-order valence-electron chi connectivity index (χ1n) is 5.91. The van der Waals surface area contributed by atoms with Gasteiger partial charge in [0.1, 0.15) is 0 Å². The van der Waals surface area contributed by atoms with Crippen molar-refractivity contribution in [3.05, 3.63) is 69.5 Å². The first kappa shape index (κ1) is 13.2. The van der Waals surface area contributed by atoms with Crippen molar-refractivity contribution < 1.29 is 10.0 Å². The smallest absolute Gasteiger partial charge is 0.269 e. The molecule has 0 spiro atoms. The number of hydrogen-bond donors (Lipinski definition) is 1. The normalized spacial score (nSPS) is 12.1. The quantitative estimate of drug-likeness (QED) is 0.675. The molecule has 0 saturated heterocycles. The molecule has 0 aliphatic rings. The van der Waals surface area contributed by atoms with Crippen LogP contribution in [0.5, 0.6) is 0 Å². The lowest BCUT2D eigenvalue weighted by atomic mass is 10.0. The van der Waals surface area contributed by atoms with Crippen LogP contribution < -0.4 is 0 Å². The Labute approximate surface area is 110 Å². The van der Waals surface area contributed by atoms with Gasteiger partial charge in [-0.25, -0.2) is 0 Å². The molecule has 1 aromatic heterocycles. The van der Waals surface area contributed by atoms with Crippen LogP contribution in [0.15, 0.2) is 42.5 Å². The van der Waals surface area contributed by atoms with Gasteiger partial charge in [-0.05, 0) is 36.8 Å². The number of nitrogens with zero attached hydrogens (tertiary/aromatic N) is 2. The van der Waals surface area contributed by atoms with E-state index in [9.17, 15) is 15.2 Å².